The molecule has 0 heterocycles. The van der Waals surface area contributed by atoms with Gasteiger partial charge in [-0.2, -0.15) is 0 Å². The monoisotopic (exact) mass is 281 g/mol. The molecule has 0 N–H and O–H groups in total. The van der Waals surface area contributed by atoms with Crippen LogP contribution in [0.2, 0.25) is 10.0 Å². The number of hydrogen-bond acceptors (Lipinski definition) is 2. The van der Waals surface area contributed by atoms with E-state index in [9.17, 15) is 0 Å². The molecule has 1 radical (unpaired) electrons. The van der Waals surface area contributed by atoms with Crippen molar-refractivity contribution in [1.82, 2.24) is 0 Å². The third-order valence-corrected chi connectivity index (χ3v) is 2.99. The van der Waals surface area contributed by atoms with Crippen molar-refractivity contribution in [3.05, 3.63) is 52.5 Å². The van der Waals surface area contributed by atoms with Gasteiger partial charge in [0.05, 0.1) is 11.6 Å². The molecule has 2 rings (SSSR count). The van der Waals surface area contributed by atoms with E-state index in [-0.39, 0.29) is 0 Å². The first-order valence-electron chi connectivity index (χ1n) is 5.47. The average molecular weight is 282 g/mol. The zero-order valence-electron chi connectivity index (χ0n) is 9.74. The van der Waals surface area contributed by atoms with Crippen molar-refractivity contribution in [3.63, 3.8) is 0 Å². The number of benzene rings is 2. The van der Waals surface area contributed by atoms with Crippen molar-refractivity contribution in [2.45, 2.75) is 6.92 Å². The summed E-state index contributed by atoms with van der Waals surface area (Å²) < 4.78 is 11.0. The van der Waals surface area contributed by atoms with E-state index >= 15 is 0 Å². The van der Waals surface area contributed by atoms with Crippen LogP contribution in [0.1, 0.15) is 6.92 Å². The molecule has 2 aromatic carbocycles. The molecule has 18 heavy (non-hydrogen) atoms. The number of hydrogen-bond donors (Lipinski definition) is 0. The fourth-order valence-electron chi connectivity index (χ4n) is 1.42. The van der Waals surface area contributed by atoms with Gasteiger partial charge in [0, 0.05) is 12.1 Å². The average Bonchev–Trinajstić information content (AvgIpc) is 2.36. The molecule has 0 fully saturated rings. The normalized spacial score (nSPS) is 10.2. The zero-order valence-corrected chi connectivity index (χ0v) is 11.3. The Morgan fingerprint density at radius 3 is 2.83 bits per heavy atom. The molecule has 0 aromatic heterocycles. The van der Waals surface area contributed by atoms with Gasteiger partial charge in [-0.15, -0.1) is 0 Å². The van der Waals surface area contributed by atoms with E-state index in [0.29, 0.717) is 33.9 Å². The van der Waals surface area contributed by atoms with Crippen LogP contribution in [0, 0.1) is 6.07 Å². The van der Waals surface area contributed by atoms with Gasteiger partial charge >= 0.3 is 0 Å². The summed E-state index contributed by atoms with van der Waals surface area (Å²) in [6.07, 6.45) is 0. The lowest BCUT2D eigenvalue weighted by atomic mass is 10.3. The van der Waals surface area contributed by atoms with Crippen molar-refractivity contribution >= 4 is 23.2 Å². The summed E-state index contributed by atoms with van der Waals surface area (Å²) in [4.78, 5) is 0. The van der Waals surface area contributed by atoms with Crippen LogP contribution in [-0.2, 0) is 0 Å². The van der Waals surface area contributed by atoms with Gasteiger partial charge in [-0.25, -0.2) is 0 Å². The van der Waals surface area contributed by atoms with Gasteiger partial charge in [-0.05, 0) is 31.2 Å². The van der Waals surface area contributed by atoms with Crippen molar-refractivity contribution < 1.29 is 9.47 Å². The van der Waals surface area contributed by atoms with E-state index < -0.39 is 0 Å². The SMILES string of the molecule is CCOc1[c]ccc(Oc2cccc(Cl)c2Cl)c1. The summed E-state index contributed by atoms with van der Waals surface area (Å²) in [5, 5.41) is 0.853. The minimum atomic E-state index is 0.393. The van der Waals surface area contributed by atoms with Gasteiger partial charge < -0.3 is 9.47 Å². The summed E-state index contributed by atoms with van der Waals surface area (Å²) in [5.74, 6) is 1.77. The number of ether oxygens (including phenoxy) is 2. The summed E-state index contributed by atoms with van der Waals surface area (Å²) >= 11 is 12.0. The second-order valence-corrected chi connectivity index (χ2v) is 4.26. The Labute approximate surface area is 116 Å². The van der Waals surface area contributed by atoms with E-state index in [1.165, 1.54) is 0 Å². The van der Waals surface area contributed by atoms with E-state index in [0.717, 1.165) is 0 Å². The molecule has 0 aliphatic carbocycles. The topological polar surface area (TPSA) is 18.5 Å². The van der Waals surface area contributed by atoms with Gasteiger partial charge in [-0.1, -0.05) is 29.3 Å². The Balaban J connectivity index is 2.23. The van der Waals surface area contributed by atoms with E-state index in [1.807, 2.05) is 6.92 Å². The molecule has 93 valence electrons. The standard InChI is InChI=1S/C14H11Cl2O2/c1-2-17-10-5-3-6-11(9-10)18-13-8-4-7-12(15)14(13)16/h3-4,6-9H,2H2,1H3. The quantitative estimate of drug-likeness (QED) is 0.787. The van der Waals surface area contributed by atoms with Crippen LogP contribution in [0.3, 0.4) is 0 Å². The highest BCUT2D eigenvalue weighted by molar-refractivity contribution is 6.42. The van der Waals surface area contributed by atoms with Crippen LogP contribution in [-0.4, -0.2) is 6.61 Å². The lowest BCUT2D eigenvalue weighted by Gasteiger charge is -2.09. The third-order valence-electron chi connectivity index (χ3n) is 2.19. The molecule has 2 aromatic rings. The molecule has 4 heteroatoms. The summed E-state index contributed by atoms with van der Waals surface area (Å²) in [5.41, 5.74) is 0. The van der Waals surface area contributed by atoms with Crippen LogP contribution in [0.4, 0.5) is 0 Å². The van der Waals surface area contributed by atoms with Crippen LogP contribution in [0.5, 0.6) is 17.2 Å². The number of rotatable bonds is 4. The molecule has 0 bridgehead atoms. The molecule has 0 aliphatic heterocycles. The smallest absolute Gasteiger partial charge is 0.147 e. The van der Waals surface area contributed by atoms with Crippen LogP contribution in [0.25, 0.3) is 0 Å². The van der Waals surface area contributed by atoms with Crippen LogP contribution < -0.4 is 9.47 Å². The van der Waals surface area contributed by atoms with Crippen molar-refractivity contribution in [1.29, 1.82) is 0 Å². The first-order valence-corrected chi connectivity index (χ1v) is 6.22. The van der Waals surface area contributed by atoms with Crippen molar-refractivity contribution in [3.8, 4) is 17.2 Å². The lowest BCUT2D eigenvalue weighted by Crippen LogP contribution is -1.92. The second kappa shape index (κ2) is 5.98. The van der Waals surface area contributed by atoms with Crippen molar-refractivity contribution in [2.75, 3.05) is 6.61 Å². The first kappa shape index (κ1) is 13.1. The Bertz CT molecular complexity index is 541. The molecule has 0 atom stereocenters. The van der Waals surface area contributed by atoms with Gasteiger partial charge in [-0.3, -0.25) is 0 Å². The second-order valence-electron chi connectivity index (χ2n) is 3.48. The fourth-order valence-corrected chi connectivity index (χ4v) is 1.75. The Morgan fingerprint density at radius 1 is 1.22 bits per heavy atom. The lowest BCUT2D eigenvalue weighted by molar-refractivity contribution is 0.337. The maximum absolute atomic E-state index is 6.05. The predicted molar refractivity (Wildman–Crippen MR) is 73.0 cm³/mol. The Kier molecular flexibility index (Phi) is 4.34. The Hall–Kier alpha value is -1.38. The maximum atomic E-state index is 6.05. The van der Waals surface area contributed by atoms with E-state index in [4.69, 9.17) is 32.7 Å². The molecule has 2 nitrogen and oxygen atoms in total. The zero-order chi connectivity index (χ0) is 13.0. The maximum Gasteiger partial charge on any atom is 0.147 e. The molecule has 0 saturated carbocycles. The van der Waals surface area contributed by atoms with E-state index in [2.05, 4.69) is 6.07 Å². The summed E-state index contributed by atoms with van der Waals surface area (Å²) in [7, 11) is 0. The van der Waals surface area contributed by atoms with E-state index in [1.54, 1.807) is 36.4 Å². The predicted octanol–water partition coefficient (Wildman–Crippen LogP) is 4.98. The minimum Gasteiger partial charge on any atom is -0.493 e. The largest absolute Gasteiger partial charge is 0.493 e. The highest BCUT2D eigenvalue weighted by atomic mass is 35.5. The molecule has 0 saturated heterocycles. The fraction of sp³-hybridized carbons (Fsp3) is 0.143. The van der Waals surface area contributed by atoms with Crippen LogP contribution >= 0.6 is 23.2 Å². The minimum absolute atomic E-state index is 0.393. The molecule has 0 unspecified atom stereocenters. The summed E-state index contributed by atoms with van der Waals surface area (Å²) in [6, 6.07) is 13.5. The molecular formula is C14H11Cl2O2. The first-order chi connectivity index (χ1) is 8.70. The van der Waals surface area contributed by atoms with Gasteiger partial charge in [0.15, 0.2) is 0 Å². The highest BCUT2D eigenvalue weighted by Crippen LogP contribution is 2.35. The van der Waals surface area contributed by atoms with Crippen LogP contribution in [0.15, 0.2) is 36.4 Å². The number of halogens is 2. The van der Waals surface area contributed by atoms with Gasteiger partial charge in [0.2, 0.25) is 0 Å². The molecular weight excluding hydrogens is 271 g/mol. The molecule has 0 spiro atoms. The van der Waals surface area contributed by atoms with Crippen molar-refractivity contribution in [2.24, 2.45) is 0 Å². The molecule has 0 aliphatic rings. The van der Waals surface area contributed by atoms with Gasteiger partial charge in [0.25, 0.3) is 0 Å². The molecule has 0 amide bonds. The highest BCUT2D eigenvalue weighted by Gasteiger charge is 2.07. The summed E-state index contributed by atoms with van der Waals surface area (Å²) in [6.45, 7) is 2.49. The van der Waals surface area contributed by atoms with Gasteiger partial charge in [0.1, 0.15) is 22.3 Å². The third kappa shape index (κ3) is 3.09. The Morgan fingerprint density at radius 2 is 2.06 bits per heavy atom.